The second kappa shape index (κ2) is 8.68. The molecule has 0 amide bonds. The van der Waals surface area contributed by atoms with Crippen molar-refractivity contribution in [3.8, 4) is 11.4 Å². The molecule has 3 rings (SSSR count). The molecule has 3 heterocycles. The SMILES string of the molecule is CCCn1c(=O)c2c(nc(-c3ccc(Cl)nc3)n2CCCF)n(CCC)c1=O. The molecule has 0 aliphatic heterocycles. The summed E-state index contributed by atoms with van der Waals surface area (Å²) >= 11 is 5.88. The molecule has 7 nitrogen and oxygen atoms in total. The molecule has 150 valence electrons. The van der Waals surface area contributed by atoms with E-state index in [0.29, 0.717) is 53.6 Å². The molecule has 0 spiro atoms. The van der Waals surface area contributed by atoms with Gasteiger partial charge >= 0.3 is 5.69 Å². The zero-order chi connectivity index (χ0) is 20.3. The summed E-state index contributed by atoms with van der Waals surface area (Å²) in [6.45, 7) is 4.39. The quantitative estimate of drug-likeness (QED) is 0.537. The maximum atomic E-state index is 13.1. The highest BCUT2D eigenvalue weighted by molar-refractivity contribution is 6.29. The molecule has 0 saturated heterocycles. The number of alkyl halides is 1. The van der Waals surface area contributed by atoms with E-state index in [0.717, 1.165) is 0 Å². The molecular formula is C19H23ClFN5O2. The van der Waals surface area contributed by atoms with Gasteiger partial charge in [-0.3, -0.25) is 18.3 Å². The lowest BCUT2D eigenvalue weighted by molar-refractivity contribution is 0.449. The van der Waals surface area contributed by atoms with Gasteiger partial charge in [-0.1, -0.05) is 25.4 Å². The normalized spacial score (nSPS) is 11.4. The molecule has 9 heteroatoms. The number of hydrogen-bond acceptors (Lipinski definition) is 4. The van der Waals surface area contributed by atoms with E-state index < -0.39 is 12.2 Å². The van der Waals surface area contributed by atoms with E-state index in [1.807, 2.05) is 13.8 Å². The minimum absolute atomic E-state index is 0.236. The van der Waals surface area contributed by atoms with Crippen molar-refractivity contribution in [3.63, 3.8) is 0 Å². The Morgan fingerprint density at radius 1 is 1.04 bits per heavy atom. The Kier molecular flexibility index (Phi) is 6.28. The third-order valence-corrected chi connectivity index (χ3v) is 4.73. The van der Waals surface area contributed by atoms with Crippen molar-refractivity contribution in [1.82, 2.24) is 23.7 Å². The van der Waals surface area contributed by atoms with E-state index >= 15 is 0 Å². The standard InChI is InChI=1S/C19H23ClFN5O2/c1-3-9-25-17-15(18(27)26(10-4-2)19(25)28)24(11-5-8-21)16(23-17)13-6-7-14(20)22-12-13/h6-7,12H,3-5,8-11H2,1-2H3. The Morgan fingerprint density at radius 2 is 1.75 bits per heavy atom. The van der Waals surface area contributed by atoms with Crippen LogP contribution < -0.4 is 11.2 Å². The van der Waals surface area contributed by atoms with Crippen molar-refractivity contribution < 1.29 is 4.39 Å². The molecule has 3 aromatic heterocycles. The summed E-state index contributed by atoms with van der Waals surface area (Å²) < 4.78 is 17.4. The highest BCUT2D eigenvalue weighted by Crippen LogP contribution is 2.23. The van der Waals surface area contributed by atoms with Crippen LogP contribution in [-0.2, 0) is 19.6 Å². The van der Waals surface area contributed by atoms with Crippen molar-refractivity contribution in [2.75, 3.05) is 6.67 Å². The second-order valence-electron chi connectivity index (χ2n) is 6.56. The first-order valence-electron chi connectivity index (χ1n) is 9.45. The van der Waals surface area contributed by atoms with Gasteiger partial charge in [-0.2, -0.15) is 0 Å². The van der Waals surface area contributed by atoms with Crippen LogP contribution in [-0.4, -0.2) is 30.3 Å². The zero-order valence-electron chi connectivity index (χ0n) is 16.0. The van der Waals surface area contributed by atoms with Crippen LogP contribution >= 0.6 is 11.6 Å². The Morgan fingerprint density at radius 3 is 2.36 bits per heavy atom. The molecule has 0 N–H and O–H groups in total. The summed E-state index contributed by atoms with van der Waals surface area (Å²) in [7, 11) is 0. The second-order valence-corrected chi connectivity index (χ2v) is 6.95. The van der Waals surface area contributed by atoms with Crippen molar-refractivity contribution >= 4 is 22.8 Å². The van der Waals surface area contributed by atoms with Crippen LogP contribution in [0.5, 0.6) is 0 Å². The molecule has 0 saturated carbocycles. The van der Waals surface area contributed by atoms with Gasteiger partial charge in [0.05, 0.1) is 6.67 Å². The average Bonchev–Trinajstić information content (AvgIpc) is 3.07. The lowest BCUT2D eigenvalue weighted by Crippen LogP contribution is -2.40. The Balaban J connectivity index is 2.39. The van der Waals surface area contributed by atoms with E-state index in [1.54, 1.807) is 22.9 Å². The van der Waals surface area contributed by atoms with E-state index in [9.17, 15) is 14.0 Å². The van der Waals surface area contributed by atoms with Crippen LogP contribution in [0.3, 0.4) is 0 Å². The monoisotopic (exact) mass is 407 g/mol. The molecule has 0 aliphatic rings. The van der Waals surface area contributed by atoms with Gasteiger partial charge in [0.2, 0.25) is 0 Å². The highest BCUT2D eigenvalue weighted by Gasteiger charge is 2.22. The summed E-state index contributed by atoms with van der Waals surface area (Å²) in [5, 5.41) is 0.336. The largest absolute Gasteiger partial charge is 0.332 e. The molecule has 0 radical (unpaired) electrons. The van der Waals surface area contributed by atoms with Crippen molar-refractivity contribution in [3.05, 3.63) is 44.3 Å². The first kappa shape index (κ1) is 20.3. The maximum absolute atomic E-state index is 13.1. The van der Waals surface area contributed by atoms with E-state index in [4.69, 9.17) is 11.6 Å². The fourth-order valence-corrected chi connectivity index (χ4v) is 3.41. The van der Waals surface area contributed by atoms with Gasteiger partial charge in [-0.25, -0.2) is 14.8 Å². The third-order valence-electron chi connectivity index (χ3n) is 4.51. The first-order chi connectivity index (χ1) is 13.5. The number of fused-ring (bicyclic) bond motifs is 1. The molecular weight excluding hydrogens is 385 g/mol. The number of aryl methyl sites for hydroxylation is 2. The fraction of sp³-hybridized carbons (Fsp3) is 0.474. The third kappa shape index (κ3) is 3.61. The number of nitrogens with zero attached hydrogens (tertiary/aromatic N) is 5. The van der Waals surface area contributed by atoms with Crippen molar-refractivity contribution in [2.45, 2.75) is 52.7 Å². The molecule has 0 fully saturated rings. The van der Waals surface area contributed by atoms with Crippen molar-refractivity contribution in [2.24, 2.45) is 0 Å². The summed E-state index contributed by atoms with van der Waals surface area (Å²) in [4.78, 5) is 34.7. The molecule has 0 aromatic carbocycles. The molecule has 28 heavy (non-hydrogen) atoms. The van der Waals surface area contributed by atoms with E-state index in [-0.39, 0.29) is 18.7 Å². The molecule has 0 atom stereocenters. The van der Waals surface area contributed by atoms with Crippen LogP contribution in [0.15, 0.2) is 27.9 Å². The van der Waals surface area contributed by atoms with Crippen LogP contribution in [0.25, 0.3) is 22.6 Å². The average molecular weight is 408 g/mol. The van der Waals surface area contributed by atoms with Crippen LogP contribution in [0.1, 0.15) is 33.1 Å². The number of hydrogen-bond donors (Lipinski definition) is 0. The minimum Gasteiger partial charge on any atom is -0.318 e. The molecule has 0 aliphatic carbocycles. The fourth-order valence-electron chi connectivity index (χ4n) is 3.30. The number of aromatic nitrogens is 5. The Labute approximate surface area is 166 Å². The molecule has 0 unspecified atom stereocenters. The predicted molar refractivity (Wildman–Crippen MR) is 108 cm³/mol. The minimum atomic E-state index is -0.518. The van der Waals surface area contributed by atoms with Crippen LogP contribution in [0, 0.1) is 0 Å². The van der Waals surface area contributed by atoms with Crippen LogP contribution in [0.2, 0.25) is 5.15 Å². The Hall–Kier alpha value is -2.48. The summed E-state index contributed by atoms with van der Waals surface area (Å²) in [5.41, 5.74) is 0.537. The van der Waals surface area contributed by atoms with Gasteiger partial charge in [-0.15, -0.1) is 0 Å². The number of rotatable bonds is 8. The topological polar surface area (TPSA) is 74.7 Å². The van der Waals surface area contributed by atoms with E-state index in [1.165, 1.54) is 9.13 Å². The zero-order valence-corrected chi connectivity index (χ0v) is 16.7. The number of imidazole rings is 1. The van der Waals surface area contributed by atoms with Gasteiger partial charge in [0, 0.05) is 31.4 Å². The van der Waals surface area contributed by atoms with Crippen LogP contribution in [0.4, 0.5) is 4.39 Å². The number of pyridine rings is 1. The van der Waals surface area contributed by atoms with Gasteiger partial charge in [0.25, 0.3) is 5.56 Å². The summed E-state index contributed by atoms with van der Waals surface area (Å²) in [5.74, 6) is 0.475. The highest BCUT2D eigenvalue weighted by atomic mass is 35.5. The van der Waals surface area contributed by atoms with Crippen molar-refractivity contribution in [1.29, 1.82) is 0 Å². The lowest BCUT2D eigenvalue weighted by Gasteiger charge is -2.11. The summed E-state index contributed by atoms with van der Waals surface area (Å²) in [6.07, 6.45) is 3.16. The van der Waals surface area contributed by atoms with Gasteiger partial charge in [0.15, 0.2) is 11.2 Å². The molecule has 3 aromatic rings. The Bertz CT molecular complexity index is 1080. The maximum Gasteiger partial charge on any atom is 0.332 e. The molecule has 0 bridgehead atoms. The lowest BCUT2D eigenvalue weighted by atomic mass is 10.2. The van der Waals surface area contributed by atoms with Gasteiger partial charge in [0.1, 0.15) is 11.0 Å². The first-order valence-corrected chi connectivity index (χ1v) is 9.83. The smallest absolute Gasteiger partial charge is 0.318 e. The van der Waals surface area contributed by atoms with E-state index in [2.05, 4.69) is 9.97 Å². The predicted octanol–water partition coefficient (Wildman–Crippen LogP) is 3.25. The van der Waals surface area contributed by atoms with Gasteiger partial charge in [-0.05, 0) is 31.4 Å². The number of halogens is 2. The van der Waals surface area contributed by atoms with Gasteiger partial charge < -0.3 is 4.57 Å². The summed E-state index contributed by atoms with van der Waals surface area (Å²) in [6, 6.07) is 3.37.